The molecule has 0 aliphatic rings. The second-order valence-corrected chi connectivity index (χ2v) is 8.34. The molecule has 0 bridgehead atoms. The zero-order valence-electron chi connectivity index (χ0n) is 16.2. The van der Waals surface area contributed by atoms with E-state index >= 15 is 0 Å². The van der Waals surface area contributed by atoms with Gasteiger partial charge in [0.25, 0.3) is 0 Å². The molecule has 4 N–H and O–H groups in total. The number of hydrogen-bond donors (Lipinski definition) is 3. The molecule has 0 saturated heterocycles. The van der Waals surface area contributed by atoms with E-state index in [4.69, 9.17) is 24.8 Å². The third kappa shape index (κ3) is 9.70. The van der Waals surface area contributed by atoms with Crippen LogP contribution < -0.4 is 10.5 Å². The zero-order valence-corrected chi connectivity index (χ0v) is 17.1. The average Bonchev–Trinajstić information content (AvgIpc) is 2.56. The lowest BCUT2D eigenvalue weighted by Crippen LogP contribution is -2.47. The lowest BCUT2D eigenvalue weighted by Gasteiger charge is -2.31. The van der Waals surface area contributed by atoms with Crippen molar-refractivity contribution in [3.8, 4) is 5.75 Å². The third-order valence-electron chi connectivity index (χ3n) is 4.62. The third-order valence-corrected chi connectivity index (χ3v) is 5.21. The van der Waals surface area contributed by atoms with Crippen LogP contribution in [-0.2, 0) is 15.5 Å². The van der Waals surface area contributed by atoms with Crippen molar-refractivity contribution in [1.29, 1.82) is 0 Å². The first-order chi connectivity index (χ1) is 12.1. The predicted molar refractivity (Wildman–Crippen MR) is 104 cm³/mol. The number of rotatable bonds is 13. The molecule has 0 spiro atoms. The molecule has 0 amide bonds. The van der Waals surface area contributed by atoms with Gasteiger partial charge in [-0.2, -0.15) is 0 Å². The van der Waals surface area contributed by atoms with Crippen LogP contribution in [-0.4, -0.2) is 28.0 Å². The van der Waals surface area contributed by atoms with Crippen molar-refractivity contribution in [3.63, 3.8) is 0 Å². The van der Waals surface area contributed by atoms with Crippen molar-refractivity contribution in [2.75, 3.05) is 6.61 Å². The Hall–Kier alpha value is -0.910. The average molecular weight is 387 g/mol. The maximum absolute atomic E-state index is 11.0. The molecule has 0 aromatic heterocycles. The summed E-state index contributed by atoms with van der Waals surface area (Å²) in [5.41, 5.74) is 6.43. The quantitative estimate of drug-likeness (QED) is 0.347. The Bertz CT molecular complexity index is 556. The standard InChI is InChI=1S/C19H34NO5P/c1-4-5-6-7-8-15-24-18-11-9-17(10-12-18)13-14-19(3,20)16(2)25-26(21,22)23/h9-12,16H,4-8,13-15,20H2,1-3H3,(H2,21,22,23)/t16-,19-/m0/s1. The lowest BCUT2D eigenvalue weighted by molar-refractivity contribution is 0.0867. The molecule has 1 aromatic rings. The zero-order chi connectivity index (χ0) is 19.6. The largest absolute Gasteiger partial charge is 0.494 e. The van der Waals surface area contributed by atoms with Crippen LogP contribution in [0.3, 0.4) is 0 Å². The van der Waals surface area contributed by atoms with Crippen LogP contribution >= 0.6 is 7.82 Å². The van der Waals surface area contributed by atoms with Crippen LogP contribution in [0.4, 0.5) is 0 Å². The molecule has 0 saturated carbocycles. The van der Waals surface area contributed by atoms with Crippen LogP contribution in [0.25, 0.3) is 0 Å². The number of aryl methyl sites for hydroxylation is 1. The van der Waals surface area contributed by atoms with Gasteiger partial charge in [-0.15, -0.1) is 0 Å². The minimum absolute atomic E-state index is 0.547. The number of benzene rings is 1. The van der Waals surface area contributed by atoms with Gasteiger partial charge in [0.2, 0.25) is 0 Å². The molecule has 2 atom stereocenters. The van der Waals surface area contributed by atoms with Crippen molar-refractivity contribution in [1.82, 2.24) is 0 Å². The molecule has 0 aliphatic carbocycles. The topological polar surface area (TPSA) is 102 Å². The summed E-state index contributed by atoms with van der Waals surface area (Å²) >= 11 is 0. The maximum Gasteiger partial charge on any atom is 0.469 e. The molecule has 0 aliphatic heterocycles. The monoisotopic (exact) mass is 387 g/mol. The smallest absolute Gasteiger partial charge is 0.469 e. The fourth-order valence-electron chi connectivity index (χ4n) is 2.59. The number of hydrogen-bond acceptors (Lipinski definition) is 4. The maximum atomic E-state index is 11.0. The van der Waals surface area contributed by atoms with E-state index in [1.165, 1.54) is 25.7 Å². The summed E-state index contributed by atoms with van der Waals surface area (Å²) in [7, 11) is -4.54. The van der Waals surface area contributed by atoms with Crippen molar-refractivity contribution < 1.29 is 23.6 Å². The highest BCUT2D eigenvalue weighted by Crippen LogP contribution is 2.40. The summed E-state index contributed by atoms with van der Waals surface area (Å²) in [6.45, 7) is 6.26. The van der Waals surface area contributed by atoms with Crippen LogP contribution in [0.5, 0.6) is 5.75 Å². The van der Waals surface area contributed by atoms with Crippen LogP contribution in [0.15, 0.2) is 24.3 Å². The molecule has 6 nitrogen and oxygen atoms in total. The molecular formula is C19H34NO5P. The summed E-state index contributed by atoms with van der Waals surface area (Å²) in [6.07, 6.45) is 6.56. The SMILES string of the molecule is CCCCCCCOc1ccc(CC[C@](C)(N)[C@H](C)OP(=O)(O)O)cc1. The first-order valence-corrected chi connectivity index (χ1v) is 10.9. The summed E-state index contributed by atoms with van der Waals surface area (Å²) < 4.78 is 21.4. The van der Waals surface area contributed by atoms with E-state index in [-0.39, 0.29) is 0 Å². The number of nitrogens with two attached hydrogens (primary N) is 1. The molecule has 1 rings (SSSR count). The Labute approximate surface area is 157 Å². The molecule has 0 unspecified atom stereocenters. The van der Waals surface area contributed by atoms with E-state index in [2.05, 4.69) is 6.92 Å². The molecule has 0 fully saturated rings. The van der Waals surface area contributed by atoms with E-state index < -0.39 is 19.5 Å². The number of phosphoric ester groups is 1. The van der Waals surface area contributed by atoms with Crippen LogP contribution in [0.2, 0.25) is 0 Å². The van der Waals surface area contributed by atoms with Crippen LogP contribution in [0.1, 0.15) is 64.9 Å². The molecule has 1 aromatic carbocycles. The highest BCUT2D eigenvalue weighted by Gasteiger charge is 2.32. The first-order valence-electron chi connectivity index (χ1n) is 9.38. The Morgan fingerprint density at radius 3 is 2.35 bits per heavy atom. The van der Waals surface area contributed by atoms with Gasteiger partial charge in [0.05, 0.1) is 12.7 Å². The number of phosphoric acid groups is 1. The normalized spacial score (nSPS) is 15.5. The van der Waals surface area contributed by atoms with Crippen LogP contribution in [0, 0.1) is 0 Å². The minimum Gasteiger partial charge on any atom is -0.494 e. The Morgan fingerprint density at radius 2 is 1.77 bits per heavy atom. The summed E-state index contributed by atoms with van der Waals surface area (Å²) in [5, 5.41) is 0. The summed E-state index contributed by atoms with van der Waals surface area (Å²) in [5.74, 6) is 0.859. The number of ether oxygens (including phenoxy) is 1. The van der Waals surface area contributed by atoms with E-state index in [1.54, 1.807) is 13.8 Å². The first kappa shape index (κ1) is 23.1. The molecule has 7 heteroatoms. The van der Waals surface area contributed by atoms with Gasteiger partial charge in [-0.1, -0.05) is 44.7 Å². The minimum atomic E-state index is -4.54. The Balaban J connectivity index is 2.38. The van der Waals surface area contributed by atoms with Gasteiger partial charge in [-0.05, 0) is 50.8 Å². The van der Waals surface area contributed by atoms with E-state index in [1.807, 2.05) is 24.3 Å². The highest BCUT2D eigenvalue weighted by molar-refractivity contribution is 7.46. The molecule has 0 radical (unpaired) electrons. The van der Waals surface area contributed by atoms with E-state index in [9.17, 15) is 4.57 Å². The fourth-order valence-corrected chi connectivity index (χ4v) is 3.24. The Kier molecular flexibility index (Phi) is 9.83. The lowest BCUT2D eigenvalue weighted by atomic mass is 9.90. The van der Waals surface area contributed by atoms with Gasteiger partial charge in [-0.3, -0.25) is 4.52 Å². The van der Waals surface area contributed by atoms with Crippen molar-refractivity contribution in [2.24, 2.45) is 5.73 Å². The summed E-state index contributed by atoms with van der Waals surface area (Å²) in [4.78, 5) is 17.8. The van der Waals surface area contributed by atoms with Crippen molar-refractivity contribution in [3.05, 3.63) is 29.8 Å². The highest BCUT2D eigenvalue weighted by atomic mass is 31.2. The molecule has 0 heterocycles. The van der Waals surface area contributed by atoms with E-state index in [0.29, 0.717) is 12.8 Å². The van der Waals surface area contributed by atoms with Gasteiger partial charge < -0.3 is 20.3 Å². The van der Waals surface area contributed by atoms with Crippen molar-refractivity contribution in [2.45, 2.75) is 77.4 Å². The van der Waals surface area contributed by atoms with Gasteiger partial charge in [0, 0.05) is 5.54 Å². The molecular weight excluding hydrogens is 353 g/mol. The van der Waals surface area contributed by atoms with Gasteiger partial charge in [0.1, 0.15) is 5.75 Å². The van der Waals surface area contributed by atoms with Gasteiger partial charge in [-0.25, -0.2) is 4.57 Å². The fraction of sp³-hybridized carbons (Fsp3) is 0.684. The Morgan fingerprint density at radius 1 is 1.15 bits per heavy atom. The second-order valence-electron chi connectivity index (χ2n) is 7.15. The van der Waals surface area contributed by atoms with Crippen molar-refractivity contribution >= 4 is 7.82 Å². The van der Waals surface area contributed by atoms with Gasteiger partial charge in [0.15, 0.2) is 0 Å². The molecule has 26 heavy (non-hydrogen) atoms. The number of unbranched alkanes of at least 4 members (excludes halogenated alkanes) is 4. The second kappa shape index (κ2) is 11.1. The van der Waals surface area contributed by atoms with Gasteiger partial charge >= 0.3 is 7.82 Å². The molecule has 150 valence electrons. The van der Waals surface area contributed by atoms with E-state index in [0.717, 1.165) is 24.3 Å². The summed E-state index contributed by atoms with van der Waals surface area (Å²) in [6, 6.07) is 7.89. The predicted octanol–water partition coefficient (Wildman–Crippen LogP) is 4.18.